The number of ether oxygens (including phenoxy) is 2. The second kappa shape index (κ2) is 5.11. The predicted octanol–water partition coefficient (Wildman–Crippen LogP) is -0.447. The molecule has 6 heteroatoms. The molecule has 0 bridgehead atoms. The Bertz CT molecular complexity index is 210. The average Bonchev–Trinajstić information content (AvgIpc) is 2.06. The van der Waals surface area contributed by atoms with Gasteiger partial charge in [-0.25, -0.2) is 9.59 Å². The van der Waals surface area contributed by atoms with Gasteiger partial charge in [-0.1, -0.05) is 5.16 Å². The molecule has 0 radical (unpaired) electrons. The zero-order chi connectivity index (χ0) is 9.56. The van der Waals surface area contributed by atoms with E-state index in [-0.39, 0.29) is 6.61 Å². The van der Waals surface area contributed by atoms with Crippen LogP contribution in [0.25, 0.3) is 0 Å². The topological polar surface area (TPSA) is 85.2 Å². The average molecular weight is 175 g/mol. The monoisotopic (exact) mass is 175 g/mol. The highest BCUT2D eigenvalue weighted by molar-refractivity contribution is 6.62. The van der Waals surface area contributed by atoms with Crippen LogP contribution in [-0.2, 0) is 19.1 Å². The summed E-state index contributed by atoms with van der Waals surface area (Å²) in [5.41, 5.74) is -0.764. The Balaban J connectivity index is 4.37. The van der Waals surface area contributed by atoms with E-state index in [0.717, 1.165) is 7.11 Å². The Hall–Kier alpha value is -1.59. The molecule has 0 atom stereocenters. The molecule has 0 aliphatic heterocycles. The zero-order valence-electron chi connectivity index (χ0n) is 6.73. The van der Waals surface area contributed by atoms with Gasteiger partial charge in [0.15, 0.2) is 0 Å². The van der Waals surface area contributed by atoms with Gasteiger partial charge in [0.25, 0.3) is 5.71 Å². The number of nitrogens with zero attached hydrogens (tertiary/aromatic N) is 1. The number of carbonyl (C=O) groups is 2. The Labute approximate surface area is 68.8 Å². The van der Waals surface area contributed by atoms with E-state index >= 15 is 0 Å². The van der Waals surface area contributed by atoms with Gasteiger partial charge in [0.1, 0.15) is 0 Å². The summed E-state index contributed by atoms with van der Waals surface area (Å²) >= 11 is 0. The molecule has 0 aromatic heterocycles. The highest BCUT2D eigenvalue weighted by atomic mass is 16.6. The predicted molar refractivity (Wildman–Crippen MR) is 37.9 cm³/mol. The largest absolute Gasteiger partial charge is 0.464 e. The summed E-state index contributed by atoms with van der Waals surface area (Å²) in [5.74, 6) is -2.04. The van der Waals surface area contributed by atoms with E-state index in [2.05, 4.69) is 14.6 Å². The molecule has 0 amide bonds. The molecule has 0 saturated heterocycles. The fourth-order valence-corrected chi connectivity index (χ4v) is 0.461. The minimum absolute atomic E-state index is 0.0921. The molecule has 0 aliphatic rings. The molecule has 0 aliphatic carbocycles. The molecule has 6 nitrogen and oxygen atoms in total. The van der Waals surface area contributed by atoms with Crippen molar-refractivity contribution in [3.63, 3.8) is 0 Å². The van der Waals surface area contributed by atoms with Crippen molar-refractivity contribution in [2.24, 2.45) is 5.16 Å². The van der Waals surface area contributed by atoms with Crippen LogP contribution in [-0.4, -0.2) is 36.6 Å². The summed E-state index contributed by atoms with van der Waals surface area (Å²) < 4.78 is 8.53. The molecule has 0 unspecified atom stereocenters. The van der Waals surface area contributed by atoms with Gasteiger partial charge in [0.2, 0.25) is 0 Å². The summed E-state index contributed by atoms with van der Waals surface area (Å²) in [6, 6.07) is 0. The van der Waals surface area contributed by atoms with Gasteiger partial charge in [-0.15, -0.1) is 0 Å². The first-order valence-electron chi connectivity index (χ1n) is 3.14. The number of carbonyl (C=O) groups excluding carboxylic acids is 2. The minimum atomic E-state index is -1.03. The highest BCUT2D eigenvalue weighted by Crippen LogP contribution is 1.87. The fraction of sp³-hybridized carbons (Fsp3) is 0.500. The second-order valence-corrected chi connectivity index (χ2v) is 1.66. The van der Waals surface area contributed by atoms with Crippen LogP contribution >= 0.6 is 0 Å². The van der Waals surface area contributed by atoms with E-state index in [1.807, 2.05) is 0 Å². The van der Waals surface area contributed by atoms with Gasteiger partial charge in [0, 0.05) is 0 Å². The third-order valence-corrected chi connectivity index (χ3v) is 0.948. The van der Waals surface area contributed by atoms with E-state index in [9.17, 15) is 9.59 Å². The summed E-state index contributed by atoms with van der Waals surface area (Å²) in [7, 11) is 1.06. The first-order chi connectivity index (χ1) is 5.67. The lowest BCUT2D eigenvalue weighted by molar-refractivity contribution is -0.139. The van der Waals surface area contributed by atoms with Crippen LogP contribution in [0.5, 0.6) is 0 Å². The first-order valence-corrected chi connectivity index (χ1v) is 3.14. The molecular formula is C6H9NO5. The lowest BCUT2D eigenvalue weighted by Crippen LogP contribution is -2.27. The van der Waals surface area contributed by atoms with Crippen molar-refractivity contribution in [1.82, 2.24) is 0 Å². The Morgan fingerprint density at radius 3 is 2.33 bits per heavy atom. The molecule has 0 heterocycles. The number of oxime groups is 1. The fourth-order valence-electron chi connectivity index (χ4n) is 0.461. The van der Waals surface area contributed by atoms with Crippen molar-refractivity contribution in [2.75, 3.05) is 13.7 Å². The van der Waals surface area contributed by atoms with E-state index in [1.165, 1.54) is 0 Å². The normalized spacial score (nSPS) is 10.7. The van der Waals surface area contributed by atoms with E-state index in [0.29, 0.717) is 0 Å². The molecule has 0 rings (SSSR count). The second-order valence-electron chi connectivity index (χ2n) is 1.66. The van der Waals surface area contributed by atoms with Crippen molar-refractivity contribution in [2.45, 2.75) is 6.92 Å². The summed E-state index contributed by atoms with van der Waals surface area (Å²) in [4.78, 5) is 21.4. The molecule has 68 valence electrons. The van der Waals surface area contributed by atoms with Crippen LogP contribution in [0.3, 0.4) is 0 Å². The van der Waals surface area contributed by atoms with Gasteiger partial charge in [-0.2, -0.15) is 0 Å². The molecule has 1 N–H and O–H groups in total. The Kier molecular flexibility index (Phi) is 4.43. The van der Waals surface area contributed by atoms with Gasteiger partial charge < -0.3 is 14.7 Å². The van der Waals surface area contributed by atoms with Crippen molar-refractivity contribution < 1.29 is 24.3 Å². The van der Waals surface area contributed by atoms with Crippen LogP contribution in [0.4, 0.5) is 0 Å². The zero-order valence-corrected chi connectivity index (χ0v) is 6.73. The Morgan fingerprint density at radius 2 is 2.00 bits per heavy atom. The molecule has 0 aromatic carbocycles. The van der Waals surface area contributed by atoms with E-state index < -0.39 is 17.7 Å². The number of rotatable bonds is 3. The van der Waals surface area contributed by atoms with Crippen LogP contribution in [0.2, 0.25) is 0 Å². The minimum Gasteiger partial charge on any atom is -0.464 e. The number of methoxy groups -OCH3 is 1. The van der Waals surface area contributed by atoms with Gasteiger partial charge in [-0.05, 0) is 6.92 Å². The lowest BCUT2D eigenvalue weighted by atomic mass is 10.4. The number of hydrogen-bond acceptors (Lipinski definition) is 6. The standard InChI is InChI=1S/C6H9NO5/c1-3-12-6(9)4(7-10)5(8)11-2/h10H,3H2,1-2H3. The lowest BCUT2D eigenvalue weighted by Gasteiger charge is -2.00. The number of hydrogen-bond donors (Lipinski definition) is 1. The third-order valence-electron chi connectivity index (χ3n) is 0.948. The van der Waals surface area contributed by atoms with Crippen LogP contribution in [0.1, 0.15) is 6.92 Å². The van der Waals surface area contributed by atoms with Crippen molar-refractivity contribution >= 4 is 17.7 Å². The van der Waals surface area contributed by atoms with Crippen molar-refractivity contribution in [3.05, 3.63) is 0 Å². The van der Waals surface area contributed by atoms with Gasteiger partial charge in [0.05, 0.1) is 13.7 Å². The first kappa shape index (κ1) is 10.4. The van der Waals surface area contributed by atoms with Crippen LogP contribution in [0.15, 0.2) is 5.16 Å². The molecule has 12 heavy (non-hydrogen) atoms. The summed E-state index contributed by atoms with van der Waals surface area (Å²) in [6.07, 6.45) is 0. The Morgan fingerprint density at radius 1 is 1.42 bits per heavy atom. The van der Waals surface area contributed by atoms with E-state index in [1.54, 1.807) is 6.92 Å². The quantitative estimate of drug-likeness (QED) is 0.206. The van der Waals surface area contributed by atoms with Crippen molar-refractivity contribution in [1.29, 1.82) is 0 Å². The maximum Gasteiger partial charge on any atom is 0.368 e. The third kappa shape index (κ3) is 2.57. The molecule has 0 saturated carbocycles. The molecule has 0 fully saturated rings. The SMILES string of the molecule is CCOC(=O)C(=NO)C(=O)OC. The van der Waals surface area contributed by atoms with E-state index in [4.69, 9.17) is 5.21 Å². The smallest absolute Gasteiger partial charge is 0.368 e. The maximum atomic E-state index is 10.8. The molecule has 0 aromatic rings. The van der Waals surface area contributed by atoms with Gasteiger partial charge >= 0.3 is 11.9 Å². The number of esters is 2. The van der Waals surface area contributed by atoms with Crippen molar-refractivity contribution in [3.8, 4) is 0 Å². The van der Waals surface area contributed by atoms with Crippen LogP contribution in [0, 0.1) is 0 Å². The summed E-state index contributed by atoms with van der Waals surface area (Å²) in [6.45, 7) is 1.65. The highest BCUT2D eigenvalue weighted by Gasteiger charge is 2.23. The molecule has 0 spiro atoms. The molecular weight excluding hydrogens is 166 g/mol. The maximum absolute atomic E-state index is 10.8. The summed E-state index contributed by atoms with van der Waals surface area (Å²) in [5, 5.41) is 10.7. The van der Waals surface area contributed by atoms with Gasteiger partial charge in [-0.3, -0.25) is 0 Å². The van der Waals surface area contributed by atoms with Crippen LogP contribution < -0.4 is 0 Å².